The summed E-state index contributed by atoms with van der Waals surface area (Å²) in [5, 5.41) is 13.3. The average Bonchev–Trinajstić information content (AvgIpc) is 2.56. The number of methoxy groups -OCH3 is 1. The quantitative estimate of drug-likeness (QED) is 0.326. The van der Waals surface area contributed by atoms with Crippen LogP contribution in [-0.4, -0.2) is 43.0 Å². The Balaban J connectivity index is 2.43. The van der Waals surface area contributed by atoms with E-state index in [1.807, 2.05) is 0 Å². The molecule has 0 bridgehead atoms. The first-order chi connectivity index (χ1) is 11.3. The molecule has 1 amide bonds. The van der Waals surface area contributed by atoms with Crippen molar-refractivity contribution in [1.29, 1.82) is 0 Å². The molecule has 0 unspecified atom stereocenters. The Bertz CT molecular complexity index is 643. The molecule has 24 heavy (non-hydrogen) atoms. The van der Waals surface area contributed by atoms with Gasteiger partial charge in [-0.15, -0.1) is 0 Å². The molecule has 0 aliphatic rings. The second-order valence-electron chi connectivity index (χ2n) is 4.86. The Morgan fingerprint density at radius 1 is 1.29 bits per heavy atom. The number of amides is 1. The van der Waals surface area contributed by atoms with Crippen LogP contribution in [0, 0.1) is 17.0 Å². The Kier molecular flexibility index (Phi) is 7.34. The number of nitro groups is 1. The highest BCUT2D eigenvalue weighted by Gasteiger charge is 2.16. The number of nitrogens with one attached hydrogen (secondary N) is 1. The first-order valence-corrected chi connectivity index (χ1v) is 7.10. The van der Waals surface area contributed by atoms with Crippen molar-refractivity contribution in [2.24, 2.45) is 0 Å². The summed E-state index contributed by atoms with van der Waals surface area (Å²) in [7, 11) is 1.27. The highest BCUT2D eigenvalue weighted by Crippen LogP contribution is 2.19. The Labute approximate surface area is 138 Å². The van der Waals surface area contributed by atoms with E-state index in [0.717, 1.165) is 6.07 Å². The topological polar surface area (TPSA) is 125 Å². The molecule has 9 heteroatoms. The fourth-order valence-corrected chi connectivity index (χ4v) is 1.76. The summed E-state index contributed by atoms with van der Waals surface area (Å²) >= 11 is 0. The van der Waals surface area contributed by atoms with E-state index in [1.54, 1.807) is 6.92 Å². The Morgan fingerprint density at radius 2 is 2.00 bits per heavy atom. The minimum atomic E-state index is -0.831. The number of rotatable bonds is 8. The number of ether oxygens (including phenoxy) is 2. The molecule has 0 fully saturated rings. The molecule has 0 spiro atoms. The maximum Gasteiger partial charge on any atom is 0.338 e. The lowest BCUT2D eigenvalue weighted by Gasteiger charge is -2.07. The Morgan fingerprint density at radius 3 is 2.62 bits per heavy atom. The fourth-order valence-electron chi connectivity index (χ4n) is 1.76. The number of benzene rings is 1. The normalized spacial score (nSPS) is 9.92. The second-order valence-corrected chi connectivity index (χ2v) is 4.86. The third kappa shape index (κ3) is 6.03. The molecule has 0 atom stereocenters. The summed E-state index contributed by atoms with van der Waals surface area (Å²) in [5.41, 5.74) is 0.211. The van der Waals surface area contributed by atoms with Crippen molar-refractivity contribution in [2.45, 2.75) is 19.8 Å². The number of esters is 2. The maximum absolute atomic E-state index is 11.8. The predicted octanol–water partition coefficient (Wildman–Crippen LogP) is 1.13. The van der Waals surface area contributed by atoms with Crippen LogP contribution < -0.4 is 5.32 Å². The molecule has 0 saturated heterocycles. The van der Waals surface area contributed by atoms with Gasteiger partial charge < -0.3 is 14.8 Å². The third-order valence-corrected chi connectivity index (χ3v) is 3.08. The van der Waals surface area contributed by atoms with Crippen LogP contribution >= 0.6 is 0 Å². The SMILES string of the molecule is COC(=O)CCCNC(=O)COC(=O)c1ccc(C)c([N+](=O)[O-])c1. The van der Waals surface area contributed by atoms with Crippen molar-refractivity contribution >= 4 is 23.5 Å². The van der Waals surface area contributed by atoms with Crippen molar-refractivity contribution in [3.63, 3.8) is 0 Å². The van der Waals surface area contributed by atoms with Gasteiger partial charge in [-0.3, -0.25) is 19.7 Å². The van der Waals surface area contributed by atoms with Crippen LogP contribution in [0.15, 0.2) is 18.2 Å². The lowest BCUT2D eigenvalue weighted by molar-refractivity contribution is -0.385. The first-order valence-electron chi connectivity index (χ1n) is 7.10. The predicted molar refractivity (Wildman–Crippen MR) is 82.4 cm³/mol. The molecular weight excluding hydrogens is 320 g/mol. The van der Waals surface area contributed by atoms with Crippen LogP contribution in [0.25, 0.3) is 0 Å². The molecule has 0 saturated carbocycles. The molecule has 0 aromatic heterocycles. The van der Waals surface area contributed by atoms with E-state index in [0.29, 0.717) is 12.0 Å². The summed E-state index contributed by atoms with van der Waals surface area (Å²) < 4.78 is 9.25. The monoisotopic (exact) mass is 338 g/mol. The molecule has 0 aliphatic carbocycles. The zero-order chi connectivity index (χ0) is 18.1. The minimum Gasteiger partial charge on any atom is -0.469 e. The van der Waals surface area contributed by atoms with Gasteiger partial charge in [-0.25, -0.2) is 4.79 Å². The Hall–Kier alpha value is -2.97. The van der Waals surface area contributed by atoms with Crippen molar-refractivity contribution in [1.82, 2.24) is 5.32 Å². The standard InChI is InChI=1S/C15H18N2O7/c1-10-5-6-11(8-12(10)17(21)22)15(20)24-9-13(18)16-7-3-4-14(19)23-2/h5-6,8H,3-4,7,9H2,1-2H3,(H,16,18). The molecule has 9 nitrogen and oxygen atoms in total. The second kappa shape index (κ2) is 9.23. The smallest absolute Gasteiger partial charge is 0.338 e. The van der Waals surface area contributed by atoms with Gasteiger partial charge >= 0.3 is 11.9 Å². The van der Waals surface area contributed by atoms with E-state index < -0.39 is 23.4 Å². The molecular formula is C15H18N2O7. The first kappa shape index (κ1) is 19.1. The summed E-state index contributed by atoms with van der Waals surface area (Å²) in [6.07, 6.45) is 0.570. The summed E-state index contributed by atoms with van der Waals surface area (Å²) in [5.74, 6) is -1.74. The zero-order valence-electron chi connectivity index (χ0n) is 13.4. The molecule has 1 aromatic carbocycles. The van der Waals surface area contributed by atoms with Crippen LogP contribution in [0.4, 0.5) is 5.69 Å². The van der Waals surface area contributed by atoms with E-state index in [2.05, 4.69) is 10.1 Å². The van der Waals surface area contributed by atoms with Gasteiger partial charge in [-0.05, 0) is 19.4 Å². The maximum atomic E-state index is 11.8. The number of hydrogen-bond donors (Lipinski definition) is 1. The minimum absolute atomic E-state index is 0.00853. The largest absolute Gasteiger partial charge is 0.469 e. The number of carbonyl (C=O) groups excluding carboxylic acids is 3. The molecule has 1 rings (SSSR count). The van der Waals surface area contributed by atoms with Crippen LogP contribution in [0.3, 0.4) is 0 Å². The highest BCUT2D eigenvalue weighted by atomic mass is 16.6. The highest BCUT2D eigenvalue weighted by molar-refractivity contribution is 5.92. The van der Waals surface area contributed by atoms with Gasteiger partial charge in [-0.1, -0.05) is 6.07 Å². The van der Waals surface area contributed by atoms with Crippen LogP contribution in [0.2, 0.25) is 0 Å². The molecule has 1 N–H and O–H groups in total. The summed E-state index contributed by atoms with van der Waals surface area (Å²) in [4.78, 5) is 44.4. The van der Waals surface area contributed by atoms with Gasteiger partial charge in [0.2, 0.25) is 0 Å². The average molecular weight is 338 g/mol. The third-order valence-electron chi connectivity index (χ3n) is 3.08. The lowest BCUT2D eigenvalue weighted by Crippen LogP contribution is -2.30. The zero-order valence-corrected chi connectivity index (χ0v) is 13.4. The van der Waals surface area contributed by atoms with Gasteiger partial charge in [0.05, 0.1) is 17.6 Å². The number of carbonyl (C=O) groups is 3. The summed E-state index contributed by atoms with van der Waals surface area (Å²) in [6.45, 7) is 1.27. The summed E-state index contributed by atoms with van der Waals surface area (Å²) in [6, 6.07) is 3.92. The van der Waals surface area contributed by atoms with Crippen LogP contribution in [0.5, 0.6) is 0 Å². The van der Waals surface area contributed by atoms with E-state index >= 15 is 0 Å². The van der Waals surface area contributed by atoms with E-state index in [9.17, 15) is 24.5 Å². The van der Waals surface area contributed by atoms with E-state index in [-0.39, 0.29) is 30.2 Å². The lowest BCUT2D eigenvalue weighted by atomic mass is 10.1. The van der Waals surface area contributed by atoms with Gasteiger partial charge in [0.1, 0.15) is 0 Å². The van der Waals surface area contributed by atoms with Gasteiger partial charge in [0.25, 0.3) is 11.6 Å². The van der Waals surface area contributed by atoms with Crippen LogP contribution in [-0.2, 0) is 19.1 Å². The number of hydrogen-bond acceptors (Lipinski definition) is 7. The van der Waals surface area contributed by atoms with Crippen molar-refractivity contribution in [3.8, 4) is 0 Å². The fraction of sp³-hybridized carbons (Fsp3) is 0.400. The van der Waals surface area contributed by atoms with Crippen molar-refractivity contribution in [3.05, 3.63) is 39.4 Å². The van der Waals surface area contributed by atoms with Crippen molar-refractivity contribution < 1.29 is 28.8 Å². The number of nitro benzene ring substituents is 1. The van der Waals surface area contributed by atoms with Gasteiger partial charge in [-0.2, -0.15) is 0 Å². The van der Waals surface area contributed by atoms with Crippen LogP contribution in [0.1, 0.15) is 28.8 Å². The number of nitrogens with zero attached hydrogens (tertiary/aromatic N) is 1. The molecule has 1 aromatic rings. The molecule has 0 heterocycles. The van der Waals surface area contributed by atoms with E-state index in [1.165, 1.54) is 19.2 Å². The molecule has 0 aliphatic heterocycles. The van der Waals surface area contributed by atoms with E-state index in [4.69, 9.17) is 4.74 Å². The number of aryl methyl sites for hydroxylation is 1. The van der Waals surface area contributed by atoms with Gasteiger partial charge in [0, 0.05) is 24.6 Å². The van der Waals surface area contributed by atoms with Gasteiger partial charge in [0.15, 0.2) is 6.61 Å². The molecule has 130 valence electrons. The van der Waals surface area contributed by atoms with Crippen molar-refractivity contribution in [2.75, 3.05) is 20.3 Å². The molecule has 0 radical (unpaired) electrons.